The molecule has 1 aromatic carbocycles. The number of nitro benzene ring substituents is 1. The Morgan fingerprint density at radius 3 is 2.70 bits per heavy atom. The zero-order valence-electron chi connectivity index (χ0n) is 11.2. The Hall–Kier alpha value is -1.66. The zero-order chi connectivity index (χ0) is 14.0. The molecule has 6 nitrogen and oxygen atoms in total. The van der Waals surface area contributed by atoms with E-state index in [1.165, 1.54) is 6.07 Å². The molecule has 0 spiro atoms. The number of hydrogen-bond donors (Lipinski definition) is 2. The number of nitrogens with zero attached hydrogens (tertiary/aromatic N) is 1. The first kappa shape index (κ1) is 16.4. The predicted octanol–water partition coefficient (Wildman–Crippen LogP) is 1.79. The van der Waals surface area contributed by atoms with E-state index in [0.29, 0.717) is 18.0 Å². The fourth-order valence-electron chi connectivity index (χ4n) is 2.20. The van der Waals surface area contributed by atoms with E-state index in [1.807, 2.05) is 0 Å². The van der Waals surface area contributed by atoms with Gasteiger partial charge in [0.2, 0.25) is 0 Å². The number of nitrogens with two attached hydrogens (primary N) is 1. The van der Waals surface area contributed by atoms with E-state index in [4.69, 9.17) is 5.73 Å². The second kappa shape index (κ2) is 6.67. The van der Waals surface area contributed by atoms with Crippen LogP contribution in [0.15, 0.2) is 18.2 Å². The number of amides is 1. The van der Waals surface area contributed by atoms with E-state index in [2.05, 4.69) is 5.32 Å². The summed E-state index contributed by atoms with van der Waals surface area (Å²) in [6.07, 6.45) is 2.11. The Bertz CT molecular complexity index is 518. The lowest BCUT2D eigenvalue weighted by atomic mass is 10.1. The van der Waals surface area contributed by atoms with Crippen LogP contribution in [0, 0.1) is 23.0 Å². The maximum Gasteiger partial charge on any atom is 0.285 e. The summed E-state index contributed by atoms with van der Waals surface area (Å²) < 4.78 is 0. The van der Waals surface area contributed by atoms with Crippen molar-refractivity contribution < 1.29 is 9.72 Å². The molecule has 1 aliphatic carbocycles. The molecule has 0 radical (unpaired) electrons. The second-order valence-electron chi connectivity index (χ2n) is 4.88. The largest absolute Gasteiger partial charge is 0.348 e. The monoisotopic (exact) mass is 299 g/mol. The molecule has 1 fully saturated rings. The van der Waals surface area contributed by atoms with E-state index in [-0.39, 0.29) is 29.7 Å². The van der Waals surface area contributed by atoms with Gasteiger partial charge in [0.15, 0.2) is 0 Å². The average Bonchev–Trinajstić information content (AvgIpc) is 3.19. The molecule has 7 heteroatoms. The number of hydrogen-bond acceptors (Lipinski definition) is 4. The van der Waals surface area contributed by atoms with Crippen LogP contribution < -0.4 is 11.1 Å². The van der Waals surface area contributed by atoms with Crippen molar-refractivity contribution in [2.24, 2.45) is 11.7 Å². The molecule has 1 unspecified atom stereocenters. The normalized spacial score (nSPS) is 15.1. The maximum absolute atomic E-state index is 12.2. The molecule has 0 aromatic heterocycles. The van der Waals surface area contributed by atoms with Crippen molar-refractivity contribution in [2.45, 2.75) is 25.8 Å². The highest BCUT2D eigenvalue weighted by Gasteiger charge is 2.32. The summed E-state index contributed by atoms with van der Waals surface area (Å²) in [5.41, 5.74) is 6.07. The number of nitrogens with one attached hydrogen (secondary N) is 1. The summed E-state index contributed by atoms with van der Waals surface area (Å²) in [7, 11) is 0. The molecule has 2 rings (SSSR count). The lowest BCUT2D eigenvalue weighted by Gasteiger charge is -2.16. The Morgan fingerprint density at radius 2 is 2.20 bits per heavy atom. The molecule has 1 saturated carbocycles. The summed E-state index contributed by atoms with van der Waals surface area (Å²) in [6.45, 7) is 1.98. The molecule has 0 saturated heterocycles. The smallest absolute Gasteiger partial charge is 0.285 e. The van der Waals surface area contributed by atoms with Crippen molar-refractivity contribution in [2.75, 3.05) is 6.54 Å². The highest BCUT2D eigenvalue weighted by Crippen LogP contribution is 2.32. The quantitative estimate of drug-likeness (QED) is 0.639. The number of para-hydroxylation sites is 1. The molecule has 110 valence electrons. The van der Waals surface area contributed by atoms with Gasteiger partial charge in [-0.05, 0) is 31.7 Å². The molecule has 1 atom stereocenters. The standard InChI is InChI=1S/C13H17N3O3.ClH/c1-8-3-2-4-10(12(8)16(18)19)13(17)15-11(7-14)9-5-6-9;/h2-4,9,11H,5-7,14H2,1H3,(H,15,17);1H. The van der Waals surface area contributed by atoms with Crippen LogP contribution in [0.5, 0.6) is 0 Å². The fourth-order valence-corrected chi connectivity index (χ4v) is 2.20. The third kappa shape index (κ3) is 3.46. The van der Waals surface area contributed by atoms with Crippen LogP contribution in [-0.2, 0) is 0 Å². The van der Waals surface area contributed by atoms with Gasteiger partial charge in [0.1, 0.15) is 5.56 Å². The summed E-state index contributed by atoms with van der Waals surface area (Å²) in [6, 6.07) is 4.65. The molecule has 0 heterocycles. The van der Waals surface area contributed by atoms with Crippen LogP contribution in [0.25, 0.3) is 0 Å². The molecule has 0 aliphatic heterocycles. The van der Waals surface area contributed by atoms with Gasteiger partial charge in [0, 0.05) is 18.2 Å². The van der Waals surface area contributed by atoms with Crippen LogP contribution in [0.1, 0.15) is 28.8 Å². The van der Waals surface area contributed by atoms with Gasteiger partial charge in [0.05, 0.1) is 4.92 Å². The van der Waals surface area contributed by atoms with Crippen LogP contribution in [0.3, 0.4) is 0 Å². The SMILES string of the molecule is Cc1cccc(C(=O)NC(CN)C2CC2)c1[N+](=O)[O-].Cl. The molecular formula is C13H18ClN3O3. The fraction of sp³-hybridized carbons (Fsp3) is 0.462. The summed E-state index contributed by atoms with van der Waals surface area (Å²) >= 11 is 0. The van der Waals surface area contributed by atoms with Gasteiger partial charge in [-0.25, -0.2) is 0 Å². The highest BCUT2D eigenvalue weighted by molar-refractivity contribution is 5.98. The molecule has 0 bridgehead atoms. The van der Waals surface area contributed by atoms with Crippen molar-refractivity contribution in [1.29, 1.82) is 0 Å². The predicted molar refractivity (Wildman–Crippen MR) is 78.1 cm³/mol. The summed E-state index contributed by atoms with van der Waals surface area (Å²) in [4.78, 5) is 22.7. The van der Waals surface area contributed by atoms with Gasteiger partial charge in [-0.3, -0.25) is 14.9 Å². The molecular weight excluding hydrogens is 282 g/mol. The van der Waals surface area contributed by atoms with Crippen LogP contribution in [-0.4, -0.2) is 23.4 Å². The van der Waals surface area contributed by atoms with Crippen LogP contribution >= 0.6 is 12.4 Å². The third-order valence-electron chi connectivity index (χ3n) is 3.43. The highest BCUT2D eigenvalue weighted by atomic mass is 35.5. The topological polar surface area (TPSA) is 98.3 Å². The third-order valence-corrected chi connectivity index (χ3v) is 3.43. The average molecular weight is 300 g/mol. The number of aryl methyl sites for hydroxylation is 1. The first-order valence-electron chi connectivity index (χ1n) is 6.29. The number of halogens is 1. The number of carbonyl (C=O) groups excluding carboxylic acids is 1. The van der Waals surface area contributed by atoms with Crippen molar-refractivity contribution in [3.05, 3.63) is 39.4 Å². The number of rotatable bonds is 5. The Kier molecular flexibility index (Phi) is 5.47. The van der Waals surface area contributed by atoms with E-state index in [1.54, 1.807) is 19.1 Å². The van der Waals surface area contributed by atoms with Gasteiger partial charge in [-0.15, -0.1) is 12.4 Å². The molecule has 20 heavy (non-hydrogen) atoms. The van der Waals surface area contributed by atoms with Gasteiger partial charge in [-0.2, -0.15) is 0 Å². The van der Waals surface area contributed by atoms with Gasteiger partial charge in [0.25, 0.3) is 11.6 Å². The first-order valence-corrected chi connectivity index (χ1v) is 6.29. The molecule has 1 aliphatic rings. The Labute approximate surface area is 123 Å². The minimum atomic E-state index is -0.515. The molecule has 3 N–H and O–H groups in total. The Morgan fingerprint density at radius 1 is 1.55 bits per heavy atom. The minimum Gasteiger partial charge on any atom is -0.348 e. The van der Waals surface area contributed by atoms with Gasteiger partial charge in [-0.1, -0.05) is 12.1 Å². The maximum atomic E-state index is 12.2. The Balaban J connectivity index is 0.00000200. The van der Waals surface area contributed by atoms with Crippen LogP contribution in [0.4, 0.5) is 5.69 Å². The number of carbonyl (C=O) groups is 1. The summed E-state index contributed by atoms with van der Waals surface area (Å²) in [5, 5.41) is 13.8. The summed E-state index contributed by atoms with van der Waals surface area (Å²) in [5.74, 6) is -0.00411. The number of nitro groups is 1. The second-order valence-corrected chi connectivity index (χ2v) is 4.88. The van der Waals surface area contributed by atoms with Crippen molar-refractivity contribution in [1.82, 2.24) is 5.32 Å². The lowest BCUT2D eigenvalue weighted by Crippen LogP contribution is -2.41. The number of benzene rings is 1. The molecule has 1 aromatic rings. The van der Waals surface area contributed by atoms with Gasteiger partial charge >= 0.3 is 0 Å². The van der Waals surface area contributed by atoms with Crippen LogP contribution in [0.2, 0.25) is 0 Å². The van der Waals surface area contributed by atoms with E-state index in [0.717, 1.165) is 12.8 Å². The van der Waals surface area contributed by atoms with Gasteiger partial charge < -0.3 is 11.1 Å². The minimum absolute atomic E-state index is 0. The van der Waals surface area contributed by atoms with Crippen molar-refractivity contribution >= 4 is 24.0 Å². The van der Waals surface area contributed by atoms with E-state index >= 15 is 0 Å². The van der Waals surface area contributed by atoms with E-state index < -0.39 is 10.8 Å². The van der Waals surface area contributed by atoms with E-state index in [9.17, 15) is 14.9 Å². The van der Waals surface area contributed by atoms with Crippen molar-refractivity contribution in [3.63, 3.8) is 0 Å². The first-order chi connectivity index (χ1) is 9.04. The molecule has 1 amide bonds. The lowest BCUT2D eigenvalue weighted by molar-refractivity contribution is -0.385. The van der Waals surface area contributed by atoms with Crippen molar-refractivity contribution in [3.8, 4) is 0 Å². The zero-order valence-corrected chi connectivity index (χ0v) is 12.0.